The lowest BCUT2D eigenvalue weighted by Gasteiger charge is -2.19. The maximum Gasteiger partial charge on any atom is 0.255 e. The number of carbonyl (C=O) groups excluding carboxylic acids is 2. The van der Waals surface area contributed by atoms with E-state index in [1.165, 1.54) is 0 Å². The zero-order chi connectivity index (χ0) is 27.1. The number of amides is 2. The fourth-order valence-corrected chi connectivity index (χ4v) is 4.13. The summed E-state index contributed by atoms with van der Waals surface area (Å²) in [5, 5.41) is 16.6. The monoisotopic (exact) mass is 509 g/mol. The molecular weight excluding hydrogens is 478 g/mol. The van der Waals surface area contributed by atoms with Gasteiger partial charge in [-0.2, -0.15) is 0 Å². The molecule has 38 heavy (non-hydrogen) atoms. The van der Waals surface area contributed by atoms with Crippen LogP contribution in [0.25, 0.3) is 10.9 Å². The molecule has 2 amide bonds. The van der Waals surface area contributed by atoms with E-state index in [1.54, 1.807) is 49.5 Å². The van der Waals surface area contributed by atoms with E-state index in [-0.39, 0.29) is 24.5 Å². The number of nitrogens with one attached hydrogen (secondary N) is 3. The van der Waals surface area contributed by atoms with Gasteiger partial charge in [-0.1, -0.05) is 30.0 Å². The van der Waals surface area contributed by atoms with E-state index in [2.05, 4.69) is 27.5 Å². The first-order valence-electron chi connectivity index (χ1n) is 12.5. The van der Waals surface area contributed by atoms with Gasteiger partial charge in [0, 0.05) is 40.8 Å². The van der Waals surface area contributed by atoms with Crippen molar-refractivity contribution in [2.45, 2.75) is 32.4 Å². The average Bonchev–Trinajstić information content (AvgIpc) is 3.34. The van der Waals surface area contributed by atoms with Gasteiger partial charge in [-0.15, -0.1) is 0 Å². The smallest absolute Gasteiger partial charge is 0.255 e. The Morgan fingerprint density at radius 2 is 1.68 bits per heavy atom. The van der Waals surface area contributed by atoms with Crippen LogP contribution in [0.3, 0.4) is 0 Å². The van der Waals surface area contributed by atoms with Gasteiger partial charge in [0.05, 0.1) is 24.3 Å². The van der Waals surface area contributed by atoms with Crippen molar-refractivity contribution in [3.05, 3.63) is 101 Å². The largest absolute Gasteiger partial charge is 0.490 e. The van der Waals surface area contributed by atoms with Gasteiger partial charge >= 0.3 is 0 Å². The number of aliphatic hydroxyl groups excluding tert-OH is 1. The molecule has 7 heteroatoms. The third-order valence-corrected chi connectivity index (χ3v) is 6.01. The second kappa shape index (κ2) is 12.1. The minimum absolute atomic E-state index is 0.128. The van der Waals surface area contributed by atoms with Gasteiger partial charge in [-0.05, 0) is 74.4 Å². The molecule has 1 atom stereocenters. The third kappa shape index (κ3) is 6.41. The van der Waals surface area contributed by atoms with E-state index in [0.717, 1.165) is 22.0 Å². The number of para-hydroxylation sites is 1. The molecule has 3 aromatic carbocycles. The van der Waals surface area contributed by atoms with Gasteiger partial charge in [0.2, 0.25) is 0 Å². The maximum absolute atomic E-state index is 13.4. The molecule has 7 nitrogen and oxygen atoms in total. The number of H-pyrrole nitrogens is 1. The van der Waals surface area contributed by atoms with Crippen LogP contribution in [-0.2, 0) is 6.42 Å². The zero-order valence-corrected chi connectivity index (χ0v) is 21.7. The lowest BCUT2D eigenvalue weighted by atomic mass is 10.0. The van der Waals surface area contributed by atoms with Crippen LogP contribution in [0.1, 0.15) is 51.3 Å². The number of aromatic nitrogens is 1. The SMILES string of the molecule is CNC(=O)c1ccc(C#Cc2ccc(OC(C)C)c(C(=O)NC(CO)Cc3c[nH]c4ccccc34)c2)cc1. The molecule has 0 fully saturated rings. The molecule has 0 aliphatic rings. The predicted octanol–water partition coefficient (Wildman–Crippen LogP) is 4.05. The Hall–Kier alpha value is -4.54. The van der Waals surface area contributed by atoms with Gasteiger partial charge in [-0.25, -0.2) is 0 Å². The number of aromatic amines is 1. The van der Waals surface area contributed by atoms with Crippen LogP contribution >= 0.6 is 0 Å². The highest BCUT2D eigenvalue weighted by atomic mass is 16.5. The highest BCUT2D eigenvalue weighted by Gasteiger charge is 2.19. The van der Waals surface area contributed by atoms with Gasteiger partial charge in [0.15, 0.2) is 0 Å². The van der Waals surface area contributed by atoms with E-state index in [4.69, 9.17) is 4.74 Å². The molecule has 1 heterocycles. The van der Waals surface area contributed by atoms with Crippen LogP contribution in [0.5, 0.6) is 5.75 Å². The van der Waals surface area contributed by atoms with Crippen molar-refractivity contribution < 1.29 is 19.4 Å². The molecule has 0 spiro atoms. The fourth-order valence-electron chi connectivity index (χ4n) is 4.13. The van der Waals surface area contributed by atoms with E-state index in [9.17, 15) is 14.7 Å². The van der Waals surface area contributed by atoms with E-state index >= 15 is 0 Å². The quantitative estimate of drug-likeness (QED) is 0.269. The molecule has 1 aromatic heterocycles. The van der Waals surface area contributed by atoms with Crippen LogP contribution in [0.4, 0.5) is 0 Å². The number of ether oxygens (including phenoxy) is 1. The first kappa shape index (κ1) is 26.5. The van der Waals surface area contributed by atoms with Crippen molar-refractivity contribution in [2.24, 2.45) is 0 Å². The van der Waals surface area contributed by atoms with Gasteiger partial charge < -0.3 is 25.5 Å². The topological polar surface area (TPSA) is 103 Å². The molecule has 0 aliphatic carbocycles. The second-order valence-corrected chi connectivity index (χ2v) is 9.20. The van der Waals surface area contributed by atoms with Crippen molar-refractivity contribution in [3.8, 4) is 17.6 Å². The lowest BCUT2D eigenvalue weighted by molar-refractivity contribution is 0.0909. The van der Waals surface area contributed by atoms with Crippen LogP contribution in [0.15, 0.2) is 72.9 Å². The van der Waals surface area contributed by atoms with Gasteiger partial charge in [-0.3, -0.25) is 9.59 Å². The second-order valence-electron chi connectivity index (χ2n) is 9.20. The minimum atomic E-state index is -0.484. The Labute approximate surface area is 222 Å². The summed E-state index contributed by atoms with van der Waals surface area (Å²) in [5.74, 6) is 6.09. The molecule has 4 N–H and O–H groups in total. The standard InChI is InChI=1S/C31H31N3O4/c1-20(2)38-29-15-12-22(9-8-21-10-13-23(14-11-21)30(36)32-3)16-27(29)31(37)34-25(19-35)17-24-18-33-28-7-5-4-6-26(24)28/h4-7,10-16,18,20,25,33,35H,17,19H2,1-3H3,(H,32,36)(H,34,37). The maximum atomic E-state index is 13.4. The Balaban J connectivity index is 1.55. The Morgan fingerprint density at radius 1 is 0.974 bits per heavy atom. The molecule has 4 aromatic rings. The highest BCUT2D eigenvalue weighted by molar-refractivity contribution is 5.97. The van der Waals surface area contributed by atoms with Crippen LogP contribution in [0, 0.1) is 11.8 Å². The zero-order valence-electron chi connectivity index (χ0n) is 21.7. The normalized spacial score (nSPS) is 11.5. The van der Waals surface area contributed by atoms with Crippen LogP contribution in [0.2, 0.25) is 0 Å². The molecule has 1 unspecified atom stereocenters. The van der Waals surface area contributed by atoms with Crippen molar-refractivity contribution >= 4 is 22.7 Å². The van der Waals surface area contributed by atoms with Gasteiger partial charge in [0.25, 0.3) is 11.8 Å². The number of carbonyl (C=O) groups is 2. The van der Waals surface area contributed by atoms with Crippen LogP contribution < -0.4 is 15.4 Å². The first-order chi connectivity index (χ1) is 18.4. The Bertz CT molecular complexity index is 1490. The number of aliphatic hydroxyl groups is 1. The highest BCUT2D eigenvalue weighted by Crippen LogP contribution is 2.23. The van der Waals surface area contributed by atoms with Crippen molar-refractivity contribution in [3.63, 3.8) is 0 Å². The Kier molecular flexibility index (Phi) is 8.47. The molecule has 0 bridgehead atoms. The number of rotatable bonds is 8. The summed E-state index contributed by atoms with van der Waals surface area (Å²) in [4.78, 5) is 28.3. The van der Waals surface area contributed by atoms with E-state index < -0.39 is 6.04 Å². The van der Waals surface area contributed by atoms with E-state index in [1.807, 2.05) is 44.3 Å². The summed E-state index contributed by atoms with van der Waals surface area (Å²) in [6, 6.07) is 19.6. The van der Waals surface area contributed by atoms with Crippen molar-refractivity contribution in [1.29, 1.82) is 0 Å². The van der Waals surface area contributed by atoms with Crippen molar-refractivity contribution in [2.75, 3.05) is 13.7 Å². The third-order valence-electron chi connectivity index (χ3n) is 6.01. The molecule has 0 saturated heterocycles. The molecule has 4 rings (SSSR count). The number of benzene rings is 3. The molecular formula is C31H31N3O4. The Morgan fingerprint density at radius 3 is 2.39 bits per heavy atom. The average molecular weight is 510 g/mol. The molecule has 194 valence electrons. The summed E-state index contributed by atoms with van der Waals surface area (Å²) in [6.07, 6.45) is 2.25. The molecule has 0 radical (unpaired) electrons. The fraction of sp³-hybridized carbons (Fsp3) is 0.226. The summed E-state index contributed by atoms with van der Waals surface area (Å²) in [6.45, 7) is 3.58. The summed E-state index contributed by atoms with van der Waals surface area (Å²) < 4.78 is 5.89. The lowest BCUT2D eigenvalue weighted by Crippen LogP contribution is -2.39. The van der Waals surface area contributed by atoms with Crippen LogP contribution in [-0.4, -0.2) is 47.7 Å². The van der Waals surface area contributed by atoms with Gasteiger partial charge in [0.1, 0.15) is 5.75 Å². The number of hydrogen-bond donors (Lipinski definition) is 4. The summed E-state index contributed by atoms with van der Waals surface area (Å²) in [5.41, 5.74) is 4.30. The molecule has 0 aliphatic heterocycles. The predicted molar refractivity (Wildman–Crippen MR) is 148 cm³/mol. The summed E-state index contributed by atoms with van der Waals surface area (Å²) in [7, 11) is 1.58. The van der Waals surface area contributed by atoms with Crippen molar-refractivity contribution in [1.82, 2.24) is 15.6 Å². The first-order valence-corrected chi connectivity index (χ1v) is 12.5. The minimum Gasteiger partial charge on any atom is -0.490 e. The number of hydrogen-bond acceptors (Lipinski definition) is 4. The summed E-state index contributed by atoms with van der Waals surface area (Å²) >= 11 is 0. The number of fused-ring (bicyclic) bond motifs is 1. The van der Waals surface area contributed by atoms with E-state index in [0.29, 0.717) is 28.9 Å². The molecule has 0 saturated carbocycles.